The van der Waals surface area contributed by atoms with E-state index < -0.39 is 0 Å². The van der Waals surface area contributed by atoms with Crippen molar-refractivity contribution in [1.82, 2.24) is 24.9 Å². The average molecular weight is 331 g/mol. The van der Waals surface area contributed by atoms with Crippen molar-refractivity contribution in [3.63, 3.8) is 0 Å². The molecule has 130 valence electrons. The zero-order valence-corrected chi connectivity index (χ0v) is 14.5. The molecule has 7 nitrogen and oxygen atoms in total. The van der Waals surface area contributed by atoms with Gasteiger partial charge in [-0.25, -0.2) is 9.78 Å². The van der Waals surface area contributed by atoms with Crippen molar-refractivity contribution in [2.75, 3.05) is 19.6 Å². The third-order valence-corrected chi connectivity index (χ3v) is 4.84. The fourth-order valence-corrected chi connectivity index (χ4v) is 3.50. The molecule has 2 aromatic heterocycles. The number of urea groups is 1. The number of aromatic nitrogens is 3. The number of hydrogen-bond acceptors (Lipinski definition) is 4. The summed E-state index contributed by atoms with van der Waals surface area (Å²) in [5.74, 6) is 1.01. The van der Waals surface area contributed by atoms with Crippen molar-refractivity contribution < 1.29 is 9.32 Å². The first-order valence-electron chi connectivity index (χ1n) is 8.49. The lowest BCUT2D eigenvalue weighted by atomic mass is 9.99. The first-order chi connectivity index (χ1) is 11.6. The summed E-state index contributed by atoms with van der Waals surface area (Å²) in [4.78, 5) is 18.4. The van der Waals surface area contributed by atoms with Crippen molar-refractivity contribution in [3.8, 4) is 0 Å². The summed E-state index contributed by atoms with van der Waals surface area (Å²) < 4.78 is 7.34. The first kappa shape index (κ1) is 16.5. The van der Waals surface area contributed by atoms with Crippen molar-refractivity contribution in [3.05, 3.63) is 35.7 Å². The molecule has 0 bridgehead atoms. The van der Waals surface area contributed by atoms with Gasteiger partial charge in [-0.2, -0.15) is 0 Å². The first-order valence-corrected chi connectivity index (χ1v) is 8.49. The summed E-state index contributed by atoms with van der Waals surface area (Å²) in [7, 11) is 0. The van der Waals surface area contributed by atoms with Gasteiger partial charge in [0, 0.05) is 49.6 Å². The Morgan fingerprint density at radius 2 is 2.17 bits per heavy atom. The molecular formula is C17H25N5O2. The van der Waals surface area contributed by atoms with Gasteiger partial charge >= 0.3 is 6.03 Å². The third-order valence-electron chi connectivity index (χ3n) is 4.84. The van der Waals surface area contributed by atoms with Gasteiger partial charge in [0.05, 0.1) is 12.0 Å². The van der Waals surface area contributed by atoms with Crippen LogP contribution in [-0.4, -0.2) is 45.3 Å². The van der Waals surface area contributed by atoms with Crippen LogP contribution in [0.3, 0.4) is 0 Å². The molecule has 1 fully saturated rings. The number of imidazole rings is 1. The van der Waals surface area contributed by atoms with Crippen LogP contribution in [0.15, 0.2) is 23.2 Å². The van der Waals surface area contributed by atoms with Gasteiger partial charge in [-0.3, -0.25) is 0 Å². The molecule has 1 atom stereocenters. The number of carbonyl (C=O) groups is 1. The van der Waals surface area contributed by atoms with Gasteiger partial charge in [0.15, 0.2) is 0 Å². The number of nitrogens with one attached hydrogen (secondary N) is 1. The van der Waals surface area contributed by atoms with Crippen LogP contribution in [0.4, 0.5) is 4.79 Å². The summed E-state index contributed by atoms with van der Waals surface area (Å²) in [5.41, 5.74) is 1.99. The van der Waals surface area contributed by atoms with Gasteiger partial charge in [-0.1, -0.05) is 12.1 Å². The van der Waals surface area contributed by atoms with E-state index in [9.17, 15) is 4.79 Å². The molecule has 7 heteroatoms. The van der Waals surface area contributed by atoms with Gasteiger partial charge in [-0.05, 0) is 26.7 Å². The summed E-state index contributed by atoms with van der Waals surface area (Å²) in [6, 6.07) is 0.454. The van der Waals surface area contributed by atoms with E-state index in [-0.39, 0.29) is 11.9 Å². The predicted molar refractivity (Wildman–Crippen MR) is 89.9 cm³/mol. The average Bonchev–Trinajstić information content (AvgIpc) is 3.23. The Morgan fingerprint density at radius 1 is 1.42 bits per heavy atom. The molecular weight excluding hydrogens is 306 g/mol. The van der Waals surface area contributed by atoms with Crippen molar-refractivity contribution in [2.45, 2.75) is 45.6 Å². The zero-order chi connectivity index (χ0) is 17.1. The van der Waals surface area contributed by atoms with E-state index in [0.717, 1.165) is 42.9 Å². The number of rotatable bonds is 4. The minimum absolute atomic E-state index is 0.0118. The van der Waals surface area contributed by atoms with E-state index in [1.165, 1.54) is 0 Å². The molecule has 0 unspecified atom stereocenters. The summed E-state index contributed by atoms with van der Waals surface area (Å²) in [6.07, 6.45) is 7.57. The van der Waals surface area contributed by atoms with Crippen LogP contribution in [0.5, 0.6) is 0 Å². The highest BCUT2D eigenvalue weighted by Gasteiger charge is 2.24. The lowest BCUT2D eigenvalue weighted by molar-refractivity contribution is 0.171. The molecule has 0 aliphatic carbocycles. The van der Waals surface area contributed by atoms with Gasteiger partial charge in [0.25, 0.3) is 0 Å². The van der Waals surface area contributed by atoms with Crippen LogP contribution in [-0.2, 0) is 0 Å². The monoisotopic (exact) mass is 331 g/mol. The molecule has 2 aromatic rings. The summed E-state index contributed by atoms with van der Waals surface area (Å²) in [5, 5.41) is 7.02. The maximum Gasteiger partial charge on any atom is 0.317 e. The molecule has 1 N–H and O–H groups in total. The van der Waals surface area contributed by atoms with E-state index in [1.807, 2.05) is 31.3 Å². The van der Waals surface area contributed by atoms with Crippen LogP contribution >= 0.6 is 0 Å². The largest absolute Gasteiger partial charge is 0.361 e. The number of nitrogens with zero attached hydrogens (tertiary/aromatic N) is 4. The van der Waals surface area contributed by atoms with Crippen molar-refractivity contribution in [2.24, 2.45) is 0 Å². The molecule has 1 aliphatic heterocycles. The number of amides is 2. The molecule has 3 heterocycles. The fraction of sp³-hybridized carbons (Fsp3) is 0.588. The van der Waals surface area contributed by atoms with Gasteiger partial charge in [0.2, 0.25) is 0 Å². The smallest absolute Gasteiger partial charge is 0.317 e. The Kier molecular flexibility index (Phi) is 4.87. The molecule has 0 spiro atoms. The Bertz CT molecular complexity index is 652. The summed E-state index contributed by atoms with van der Waals surface area (Å²) >= 11 is 0. The molecule has 2 amide bonds. The minimum Gasteiger partial charge on any atom is -0.361 e. The highest BCUT2D eigenvalue weighted by molar-refractivity contribution is 5.74. The van der Waals surface area contributed by atoms with Crippen molar-refractivity contribution >= 4 is 6.03 Å². The SMILES string of the molecule is Cc1noc(C)c1[C@@H](C)CNC(=O)N1CCC(n2ccnc2)CC1. The summed E-state index contributed by atoms with van der Waals surface area (Å²) in [6.45, 7) is 8.06. The molecule has 3 rings (SSSR count). The van der Waals surface area contributed by atoms with E-state index in [2.05, 4.69) is 26.9 Å². The zero-order valence-electron chi connectivity index (χ0n) is 14.5. The third kappa shape index (κ3) is 3.44. The second-order valence-electron chi connectivity index (χ2n) is 6.55. The second-order valence-corrected chi connectivity index (χ2v) is 6.55. The minimum atomic E-state index is 0.0118. The van der Waals surface area contributed by atoms with Gasteiger partial charge in [-0.15, -0.1) is 0 Å². The quantitative estimate of drug-likeness (QED) is 0.934. The number of hydrogen-bond donors (Lipinski definition) is 1. The van der Waals surface area contributed by atoms with E-state index in [0.29, 0.717) is 12.6 Å². The second kappa shape index (κ2) is 7.07. The van der Waals surface area contributed by atoms with E-state index in [1.54, 1.807) is 6.20 Å². The van der Waals surface area contributed by atoms with Gasteiger partial charge < -0.3 is 19.3 Å². The highest BCUT2D eigenvalue weighted by atomic mass is 16.5. The lowest BCUT2D eigenvalue weighted by Gasteiger charge is -2.32. The molecule has 24 heavy (non-hydrogen) atoms. The standard InChI is InChI=1S/C17H25N5O2/c1-12(16-13(2)20-24-14(16)3)10-19-17(23)21-7-4-15(5-8-21)22-9-6-18-11-22/h6,9,11-12,15H,4-5,7-8,10H2,1-3H3,(H,19,23)/t12-/m0/s1. The Morgan fingerprint density at radius 3 is 2.75 bits per heavy atom. The molecule has 1 aliphatic rings. The van der Waals surface area contributed by atoms with Crippen LogP contribution < -0.4 is 5.32 Å². The lowest BCUT2D eigenvalue weighted by Crippen LogP contribution is -2.45. The van der Waals surface area contributed by atoms with Crippen LogP contribution in [0.2, 0.25) is 0 Å². The predicted octanol–water partition coefficient (Wildman–Crippen LogP) is 2.64. The maximum atomic E-state index is 12.4. The van der Waals surface area contributed by atoms with Gasteiger partial charge in [0.1, 0.15) is 5.76 Å². The van der Waals surface area contributed by atoms with Crippen molar-refractivity contribution in [1.29, 1.82) is 0 Å². The van der Waals surface area contributed by atoms with Crippen LogP contribution in [0, 0.1) is 13.8 Å². The number of aryl methyl sites for hydroxylation is 2. The Hall–Kier alpha value is -2.31. The molecule has 0 aromatic carbocycles. The molecule has 1 saturated heterocycles. The Balaban J connectivity index is 1.48. The normalized spacial score (nSPS) is 17.0. The number of carbonyl (C=O) groups excluding carboxylic acids is 1. The Labute approximate surface area is 142 Å². The fourth-order valence-electron chi connectivity index (χ4n) is 3.50. The van der Waals surface area contributed by atoms with E-state index >= 15 is 0 Å². The number of piperidine rings is 1. The topological polar surface area (TPSA) is 76.2 Å². The number of likely N-dealkylation sites (tertiary alicyclic amines) is 1. The van der Waals surface area contributed by atoms with E-state index in [4.69, 9.17) is 4.52 Å². The van der Waals surface area contributed by atoms with Crippen LogP contribution in [0.1, 0.15) is 48.7 Å². The maximum absolute atomic E-state index is 12.4. The molecule has 0 radical (unpaired) electrons. The highest BCUT2D eigenvalue weighted by Crippen LogP contribution is 2.24. The molecule has 0 saturated carbocycles. The van der Waals surface area contributed by atoms with Crippen LogP contribution in [0.25, 0.3) is 0 Å².